The summed E-state index contributed by atoms with van der Waals surface area (Å²) in [6.45, 7) is 13.3. The topological polar surface area (TPSA) is 64.7 Å². The summed E-state index contributed by atoms with van der Waals surface area (Å²) in [5.74, 6) is 0.276. The van der Waals surface area contributed by atoms with Crippen molar-refractivity contribution in [3.05, 3.63) is 58.6 Å². The molecule has 188 valence electrons. The van der Waals surface area contributed by atoms with E-state index in [0.29, 0.717) is 54.8 Å². The van der Waals surface area contributed by atoms with Crippen LogP contribution >= 0.6 is 23.8 Å². The predicted molar refractivity (Wildman–Crippen MR) is 149 cm³/mol. The van der Waals surface area contributed by atoms with Crippen LogP contribution in [0.2, 0.25) is 5.02 Å². The summed E-state index contributed by atoms with van der Waals surface area (Å²) in [6.07, 6.45) is 0.570. The van der Waals surface area contributed by atoms with Crippen LogP contribution in [0.3, 0.4) is 0 Å². The highest BCUT2D eigenvalue weighted by molar-refractivity contribution is 7.80. The summed E-state index contributed by atoms with van der Waals surface area (Å²) in [5.41, 5.74) is 3.35. The summed E-state index contributed by atoms with van der Waals surface area (Å²) < 4.78 is 0. The van der Waals surface area contributed by atoms with Crippen LogP contribution in [0.25, 0.3) is 0 Å². The maximum absolute atomic E-state index is 12.7. The van der Waals surface area contributed by atoms with Crippen LogP contribution in [0.4, 0.5) is 11.4 Å². The Hall–Kier alpha value is -2.64. The molecule has 0 aliphatic carbocycles. The number of carbonyl (C=O) groups excluding carboxylic acids is 2. The molecule has 2 N–H and O–H groups in total. The number of hydrogen-bond acceptors (Lipinski definition) is 4. The summed E-state index contributed by atoms with van der Waals surface area (Å²) in [7, 11) is 0. The van der Waals surface area contributed by atoms with Crippen molar-refractivity contribution in [3.63, 3.8) is 0 Å². The maximum atomic E-state index is 12.7. The lowest BCUT2D eigenvalue weighted by Gasteiger charge is -2.37. The lowest BCUT2D eigenvalue weighted by molar-refractivity contribution is -0.132. The van der Waals surface area contributed by atoms with Gasteiger partial charge in [-0.05, 0) is 59.4 Å². The third kappa shape index (κ3) is 7.42. The zero-order valence-corrected chi connectivity index (χ0v) is 22.7. The quantitative estimate of drug-likeness (QED) is 0.519. The first kappa shape index (κ1) is 27.0. The Morgan fingerprint density at radius 3 is 2.23 bits per heavy atom. The van der Waals surface area contributed by atoms with Crippen molar-refractivity contribution < 1.29 is 9.59 Å². The molecular weight excluding hydrogens is 480 g/mol. The van der Waals surface area contributed by atoms with E-state index in [2.05, 4.69) is 50.2 Å². The van der Waals surface area contributed by atoms with Crippen molar-refractivity contribution >= 4 is 52.1 Å². The van der Waals surface area contributed by atoms with Gasteiger partial charge in [-0.3, -0.25) is 14.9 Å². The zero-order valence-electron chi connectivity index (χ0n) is 21.2. The molecule has 0 spiro atoms. The second-order valence-electron chi connectivity index (χ2n) is 10.4. The second kappa shape index (κ2) is 11.4. The number of carbonyl (C=O) groups is 2. The van der Waals surface area contributed by atoms with Crippen molar-refractivity contribution in [3.8, 4) is 0 Å². The lowest BCUT2D eigenvalue weighted by atomic mass is 9.87. The molecule has 0 aromatic heterocycles. The van der Waals surface area contributed by atoms with Gasteiger partial charge in [0.25, 0.3) is 5.91 Å². The zero-order chi connectivity index (χ0) is 25.8. The molecule has 6 nitrogen and oxygen atoms in total. The minimum absolute atomic E-state index is 0.0159. The molecule has 0 atom stereocenters. The van der Waals surface area contributed by atoms with Crippen LogP contribution in [-0.4, -0.2) is 48.0 Å². The average Bonchev–Trinajstić information content (AvgIpc) is 2.78. The Kier molecular flexibility index (Phi) is 8.78. The third-order valence-corrected chi connectivity index (χ3v) is 6.44. The molecule has 1 aliphatic rings. The normalized spacial score (nSPS) is 14.1. The third-order valence-electron chi connectivity index (χ3n) is 6.00. The molecule has 0 bridgehead atoms. The first-order chi connectivity index (χ1) is 16.4. The van der Waals surface area contributed by atoms with Gasteiger partial charge >= 0.3 is 0 Å². The van der Waals surface area contributed by atoms with Gasteiger partial charge in [-0.15, -0.1) is 0 Å². The SMILES string of the molecule is CC(C)CC(=O)N1CCN(c2ccc(Cl)cc2NC(=S)NC(=O)c2ccc(C(C)(C)C)cc2)CC1. The van der Waals surface area contributed by atoms with Crippen molar-refractivity contribution in [1.29, 1.82) is 0 Å². The highest BCUT2D eigenvalue weighted by atomic mass is 35.5. The smallest absolute Gasteiger partial charge is 0.257 e. The minimum Gasteiger partial charge on any atom is -0.366 e. The van der Waals surface area contributed by atoms with E-state index in [4.69, 9.17) is 23.8 Å². The Balaban J connectivity index is 1.64. The van der Waals surface area contributed by atoms with Gasteiger partial charge in [0.1, 0.15) is 0 Å². The fourth-order valence-corrected chi connectivity index (χ4v) is 4.38. The first-order valence-electron chi connectivity index (χ1n) is 12.0. The van der Waals surface area contributed by atoms with E-state index in [0.717, 1.165) is 11.3 Å². The van der Waals surface area contributed by atoms with Gasteiger partial charge in [0, 0.05) is 43.2 Å². The van der Waals surface area contributed by atoms with Gasteiger partial charge in [-0.2, -0.15) is 0 Å². The monoisotopic (exact) mass is 514 g/mol. The van der Waals surface area contributed by atoms with E-state index in [-0.39, 0.29) is 22.3 Å². The molecule has 0 radical (unpaired) electrons. The van der Waals surface area contributed by atoms with Gasteiger partial charge in [-0.25, -0.2) is 0 Å². The minimum atomic E-state index is -0.274. The molecule has 1 heterocycles. The Bertz CT molecular complexity index is 1070. The molecule has 0 saturated carbocycles. The lowest BCUT2D eigenvalue weighted by Crippen LogP contribution is -2.49. The van der Waals surface area contributed by atoms with Crippen LogP contribution < -0.4 is 15.5 Å². The molecule has 2 aromatic carbocycles. The average molecular weight is 515 g/mol. The van der Waals surface area contributed by atoms with Gasteiger partial charge in [0.05, 0.1) is 11.4 Å². The van der Waals surface area contributed by atoms with Crippen LogP contribution in [0.1, 0.15) is 57.0 Å². The van der Waals surface area contributed by atoms with E-state index in [9.17, 15) is 9.59 Å². The fourth-order valence-electron chi connectivity index (χ4n) is 4.01. The first-order valence-corrected chi connectivity index (χ1v) is 12.8. The van der Waals surface area contributed by atoms with E-state index in [1.165, 1.54) is 0 Å². The summed E-state index contributed by atoms with van der Waals surface area (Å²) in [5, 5.41) is 6.66. The number of amides is 2. The molecule has 1 aliphatic heterocycles. The fraction of sp³-hybridized carbons (Fsp3) is 0.444. The van der Waals surface area contributed by atoms with Gasteiger partial charge in [0.15, 0.2) is 5.11 Å². The number of halogens is 1. The van der Waals surface area contributed by atoms with E-state index in [1.54, 1.807) is 6.07 Å². The number of thiocarbonyl (C=S) groups is 1. The maximum Gasteiger partial charge on any atom is 0.257 e. The number of anilines is 2. The number of nitrogens with one attached hydrogen (secondary N) is 2. The molecule has 8 heteroatoms. The standard InChI is InChI=1S/C27H35ClN4O2S/c1-18(2)16-24(33)32-14-12-31(13-15-32)23-11-10-21(28)17-22(23)29-26(35)30-25(34)19-6-8-20(9-7-19)27(3,4)5/h6-11,17-18H,12-16H2,1-5H3,(H2,29,30,34,35). The Labute approximate surface area is 219 Å². The van der Waals surface area contributed by atoms with Gasteiger partial charge in [0.2, 0.25) is 5.91 Å². The molecule has 0 unspecified atom stereocenters. The van der Waals surface area contributed by atoms with Gasteiger partial charge < -0.3 is 15.1 Å². The van der Waals surface area contributed by atoms with Crippen LogP contribution in [0.5, 0.6) is 0 Å². The summed E-state index contributed by atoms with van der Waals surface area (Å²) >= 11 is 11.7. The summed E-state index contributed by atoms with van der Waals surface area (Å²) in [6, 6.07) is 13.1. The summed E-state index contributed by atoms with van der Waals surface area (Å²) in [4.78, 5) is 29.3. The number of hydrogen-bond donors (Lipinski definition) is 2. The molecule has 1 saturated heterocycles. The van der Waals surface area contributed by atoms with Crippen molar-refractivity contribution in [2.24, 2.45) is 5.92 Å². The number of piperazine rings is 1. The highest BCUT2D eigenvalue weighted by Crippen LogP contribution is 2.30. The molecular formula is C27H35ClN4O2S. The van der Waals surface area contributed by atoms with Crippen molar-refractivity contribution in [2.75, 3.05) is 36.4 Å². The largest absolute Gasteiger partial charge is 0.366 e. The Morgan fingerprint density at radius 2 is 1.66 bits per heavy atom. The van der Waals surface area contributed by atoms with Crippen LogP contribution in [-0.2, 0) is 10.2 Å². The van der Waals surface area contributed by atoms with E-state index in [1.807, 2.05) is 41.3 Å². The van der Waals surface area contributed by atoms with E-state index < -0.39 is 0 Å². The molecule has 2 aromatic rings. The number of rotatable bonds is 5. The van der Waals surface area contributed by atoms with Crippen molar-refractivity contribution in [1.82, 2.24) is 10.2 Å². The number of benzene rings is 2. The van der Waals surface area contributed by atoms with Crippen molar-refractivity contribution in [2.45, 2.75) is 46.5 Å². The number of nitrogens with zero attached hydrogens (tertiary/aromatic N) is 2. The van der Waals surface area contributed by atoms with E-state index >= 15 is 0 Å². The highest BCUT2D eigenvalue weighted by Gasteiger charge is 2.23. The second-order valence-corrected chi connectivity index (χ2v) is 11.2. The van der Waals surface area contributed by atoms with Crippen LogP contribution in [0, 0.1) is 5.92 Å². The Morgan fingerprint density at radius 1 is 1.03 bits per heavy atom. The molecule has 2 amide bonds. The molecule has 35 heavy (non-hydrogen) atoms. The predicted octanol–water partition coefficient (Wildman–Crippen LogP) is 5.46. The molecule has 3 rings (SSSR count). The van der Waals surface area contributed by atoms with Crippen LogP contribution in [0.15, 0.2) is 42.5 Å². The molecule has 1 fully saturated rings. The van der Waals surface area contributed by atoms with Gasteiger partial charge in [-0.1, -0.05) is 58.4 Å².